The summed E-state index contributed by atoms with van der Waals surface area (Å²) in [5.74, 6) is 0.0759. The van der Waals surface area contributed by atoms with Crippen LogP contribution >= 0.6 is 0 Å². The lowest BCUT2D eigenvalue weighted by molar-refractivity contribution is -0.135. The third-order valence-corrected chi connectivity index (χ3v) is 5.25. The minimum Gasteiger partial charge on any atom is -0.396 e. The highest BCUT2D eigenvalue weighted by Crippen LogP contribution is 2.23. The molecule has 1 aliphatic heterocycles. The Labute approximate surface area is 111 Å². The zero-order valence-electron chi connectivity index (χ0n) is 10.7. The van der Waals surface area contributed by atoms with Crippen molar-refractivity contribution in [3.63, 3.8) is 0 Å². The highest BCUT2D eigenvalue weighted by atomic mass is 32.2. The van der Waals surface area contributed by atoms with Crippen LogP contribution in [0.2, 0.25) is 0 Å². The Bertz CT molecular complexity index is 378. The Morgan fingerprint density at radius 3 is 2.26 bits per heavy atom. The van der Waals surface area contributed by atoms with Gasteiger partial charge in [0.25, 0.3) is 10.2 Å². The molecular formula is C10H19F3N2O3S. The summed E-state index contributed by atoms with van der Waals surface area (Å²) < 4.78 is 62.2. The number of piperidine rings is 1. The van der Waals surface area contributed by atoms with Gasteiger partial charge in [-0.2, -0.15) is 30.2 Å². The summed E-state index contributed by atoms with van der Waals surface area (Å²) in [5.41, 5.74) is 0. The fourth-order valence-corrected chi connectivity index (χ4v) is 3.31. The first-order chi connectivity index (χ1) is 8.66. The van der Waals surface area contributed by atoms with Gasteiger partial charge in [0, 0.05) is 33.3 Å². The lowest BCUT2D eigenvalue weighted by Crippen LogP contribution is -2.46. The third-order valence-electron chi connectivity index (χ3n) is 3.26. The van der Waals surface area contributed by atoms with Crippen LogP contribution in [-0.4, -0.2) is 61.6 Å². The van der Waals surface area contributed by atoms with Crippen LogP contribution in [0.5, 0.6) is 0 Å². The van der Waals surface area contributed by atoms with Gasteiger partial charge in [-0.1, -0.05) is 0 Å². The molecule has 0 aromatic carbocycles. The number of nitrogens with zero attached hydrogens (tertiary/aromatic N) is 2. The first kappa shape index (κ1) is 16.7. The molecule has 19 heavy (non-hydrogen) atoms. The highest BCUT2D eigenvalue weighted by Gasteiger charge is 2.34. The number of rotatable bonds is 5. The molecular weight excluding hydrogens is 285 g/mol. The summed E-state index contributed by atoms with van der Waals surface area (Å²) >= 11 is 0. The quantitative estimate of drug-likeness (QED) is 0.818. The topological polar surface area (TPSA) is 60.9 Å². The van der Waals surface area contributed by atoms with E-state index in [4.69, 9.17) is 5.11 Å². The van der Waals surface area contributed by atoms with E-state index in [1.165, 1.54) is 4.31 Å². The van der Waals surface area contributed by atoms with E-state index in [1.807, 2.05) is 0 Å². The maximum absolute atomic E-state index is 12.1. The van der Waals surface area contributed by atoms with E-state index in [9.17, 15) is 21.6 Å². The first-order valence-corrected chi connectivity index (χ1v) is 7.45. The predicted molar refractivity (Wildman–Crippen MR) is 63.6 cm³/mol. The summed E-state index contributed by atoms with van der Waals surface area (Å²) in [6.07, 6.45) is -4.46. The number of halogens is 3. The SMILES string of the molecule is CN(CCC(F)(F)F)S(=O)(=O)N1CCC(CO)CC1. The normalized spacial score (nSPS) is 20.1. The Kier molecular flexibility index (Phi) is 5.60. The summed E-state index contributed by atoms with van der Waals surface area (Å²) in [5, 5.41) is 8.96. The van der Waals surface area contributed by atoms with Crippen molar-refractivity contribution in [2.45, 2.75) is 25.4 Å². The van der Waals surface area contributed by atoms with Gasteiger partial charge in [-0.25, -0.2) is 0 Å². The standard InChI is InChI=1S/C10H19F3N2O3S/c1-14(7-4-10(11,12)13)19(17,18)15-5-2-9(8-16)3-6-15/h9,16H,2-8H2,1H3. The second-order valence-corrected chi connectivity index (χ2v) is 6.75. The molecule has 0 unspecified atom stereocenters. The molecule has 1 N–H and O–H groups in total. The second-order valence-electron chi connectivity index (χ2n) is 4.72. The molecule has 0 aliphatic carbocycles. The summed E-state index contributed by atoms with van der Waals surface area (Å²) in [7, 11) is -2.68. The van der Waals surface area contributed by atoms with Crippen LogP contribution in [0.25, 0.3) is 0 Å². The number of alkyl halides is 3. The van der Waals surface area contributed by atoms with Crippen LogP contribution in [-0.2, 0) is 10.2 Å². The Hall–Kier alpha value is -0.380. The molecule has 9 heteroatoms. The van der Waals surface area contributed by atoms with Gasteiger partial charge in [0.05, 0.1) is 6.42 Å². The molecule has 0 bridgehead atoms. The van der Waals surface area contributed by atoms with Crippen molar-refractivity contribution in [1.29, 1.82) is 0 Å². The molecule has 114 valence electrons. The van der Waals surface area contributed by atoms with Crippen LogP contribution in [0.1, 0.15) is 19.3 Å². The predicted octanol–water partition coefficient (Wildman–Crippen LogP) is 0.820. The van der Waals surface area contributed by atoms with Gasteiger partial charge in [-0.05, 0) is 18.8 Å². The number of aliphatic hydroxyl groups is 1. The second kappa shape index (κ2) is 6.38. The van der Waals surface area contributed by atoms with Crippen molar-refractivity contribution in [3.05, 3.63) is 0 Å². The zero-order chi connectivity index (χ0) is 14.7. The lowest BCUT2D eigenvalue weighted by Gasteiger charge is -2.33. The molecule has 0 aromatic rings. The van der Waals surface area contributed by atoms with Crippen molar-refractivity contribution < 1.29 is 26.7 Å². The van der Waals surface area contributed by atoms with Gasteiger partial charge in [0.2, 0.25) is 0 Å². The maximum Gasteiger partial charge on any atom is 0.390 e. The van der Waals surface area contributed by atoms with E-state index in [2.05, 4.69) is 0 Å². The van der Waals surface area contributed by atoms with Crippen molar-refractivity contribution in [2.24, 2.45) is 5.92 Å². The molecule has 1 rings (SSSR count). The summed E-state index contributed by atoms with van der Waals surface area (Å²) in [4.78, 5) is 0. The minimum atomic E-state index is -4.37. The van der Waals surface area contributed by atoms with E-state index in [0.29, 0.717) is 12.8 Å². The Morgan fingerprint density at radius 1 is 1.32 bits per heavy atom. The molecule has 1 aliphatic rings. The van der Waals surface area contributed by atoms with Crippen molar-refractivity contribution in [3.8, 4) is 0 Å². The average Bonchev–Trinajstić information content (AvgIpc) is 2.35. The lowest BCUT2D eigenvalue weighted by atomic mass is 10.00. The Morgan fingerprint density at radius 2 is 1.84 bits per heavy atom. The van der Waals surface area contributed by atoms with E-state index in [1.54, 1.807) is 0 Å². The fourth-order valence-electron chi connectivity index (χ4n) is 1.92. The van der Waals surface area contributed by atoms with E-state index in [-0.39, 0.29) is 25.6 Å². The molecule has 0 radical (unpaired) electrons. The third kappa shape index (κ3) is 4.90. The number of hydrogen-bond acceptors (Lipinski definition) is 3. The molecule has 0 spiro atoms. The van der Waals surface area contributed by atoms with Crippen molar-refractivity contribution in [2.75, 3.05) is 33.3 Å². The molecule has 5 nitrogen and oxygen atoms in total. The fraction of sp³-hybridized carbons (Fsp3) is 1.00. The number of aliphatic hydroxyl groups excluding tert-OH is 1. The minimum absolute atomic E-state index is 0.0117. The van der Waals surface area contributed by atoms with Crippen LogP contribution in [0.15, 0.2) is 0 Å². The summed E-state index contributed by atoms with van der Waals surface area (Å²) in [6.45, 7) is -0.0859. The molecule has 1 saturated heterocycles. The van der Waals surface area contributed by atoms with Gasteiger partial charge in [-0.15, -0.1) is 0 Å². The highest BCUT2D eigenvalue weighted by molar-refractivity contribution is 7.86. The summed E-state index contributed by atoms with van der Waals surface area (Å²) in [6, 6.07) is 0. The van der Waals surface area contributed by atoms with Gasteiger partial charge in [0.1, 0.15) is 0 Å². The van der Waals surface area contributed by atoms with Crippen LogP contribution in [0.3, 0.4) is 0 Å². The Balaban J connectivity index is 2.55. The molecule has 0 aromatic heterocycles. The van der Waals surface area contributed by atoms with E-state index in [0.717, 1.165) is 11.4 Å². The molecule has 0 atom stereocenters. The van der Waals surface area contributed by atoms with E-state index < -0.39 is 29.4 Å². The van der Waals surface area contributed by atoms with Crippen LogP contribution in [0, 0.1) is 5.92 Å². The van der Waals surface area contributed by atoms with Gasteiger partial charge >= 0.3 is 6.18 Å². The van der Waals surface area contributed by atoms with Crippen LogP contribution < -0.4 is 0 Å². The monoisotopic (exact) mass is 304 g/mol. The maximum atomic E-state index is 12.1. The molecule has 0 saturated carbocycles. The molecule has 1 heterocycles. The van der Waals surface area contributed by atoms with Crippen LogP contribution in [0.4, 0.5) is 13.2 Å². The van der Waals surface area contributed by atoms with Gasteiger partial charge in [0.15, 0.2) is 0 Å². The van der Waals surface area contributed by atoms with Gasteiger partial charge in [-0.3, -0.25) is 0 Å². The van der Waals surface area contributed by atoms with Gasteiger partial charge < -0.3 is 5.11 Å². The van der Waals surface area contributed by atoms with Crippen molar-refractivity contribution in [1.82, 2.24) is 8.61 Å². The zero-order valence-corrected chi connectivity index (χ0v) is 11.5. The largest absolute Gasteiger partial charge is 0.396 e. The average molecular weight is 304 g/mol. The molecule has 0 amide bonds. The first-order valence-electron chi connectivity index (χ1n) is 6.06. The smallest absolute Gasteiger partial charge is 0.390 e. The van der Waals surface area contributed by atoms with E-state index >= 15 is 0 Å². The van der Waals surface area contributed by atoms with Crippen molar-refractivity contribution >= 4 is 10.2 Å². The number of hydrogen-bond donors (Lipinski definition) is 1. The molecule has 1 fully saturated rings.